The average Bonchev–Trinajstić information content (AvgIpc) is 2.01. The van der Waals surface area contributed by atoms with Gasteiger partial charge in [0.2, 0.25) is 0 Å². The fourth-order valence-electron chi connectivity index (χ4n) is 0.597. The summed E-state index contributed by atoms with van der Waals surface area (Å²) in [5, 5.41) is 0. The Morgan fingerprint density at radius 2 is 2.50 bits per heavy atom. The number of aryl methyl sites for hydroxylation is 1. The minimum Gasteiger partial charge on any atom is -0.238 e. The molecule has 0 bridgehead atoms. The third-order valence-electron chi connectivity index (χ3n) is 1.08. The zero-order valence-electron chi connectivity index (χ0n) is 8.06. The molecule has 0 radical (unpaired) electrons. The van der Waals surface area contributed by atoms with Crippen LogP contribution < -0.4 is 0 Å². The first-order valence-electron chi connectivity index (χ1n) is 4.12. The van der Waals surface area contributed by atoms with Gasteiger partial charge in [0, 0.05) is 8.58 Å². The van der Waals surface area contributed by atoms with Crippen LogP contribution >= 0.6 is 15.9 Å². The second kappa shape index (κ2) is 2.85. The van der Waals surface area contributed by atoms with Gasteiger partial charge in [-0.3, -0.25) is 0 Å². The summed E-state index contributed by atoms with van der Waals surface area (Å²) in [5.74, 6) is 0. The number of halogens is 1. The summed E-state index contributed by atoms with van der Waals surface area (Å²) in [6.45, 7) is 4.61. The zero-order valence-corrected chi connectivity index (χ0v) is 6.64. The quantitative estimate of drug-likeness (QED) is 0.564. The molecule has 0 saturated heterocycles. The van der Waals surface area contributed by atoms with Gasteiger partial charge in [0.15, 0.2) is 5.69 Å². The summed E-state index contributed by atoms with van der Waals surface area (Å²) < 4.78 is 22.2. The highest BCUT2D eigenvalue weighted by Crippen LogP contribution is 2.22. The van der Waals surface area contributed by atoms with Crippen molar-refractivity contribution in [3.63, 3.8) is 0 Å². The van der Waals surface area contributed by atoms with Gasteiger partial charge in [-0.1, -0.05) is 28.1 Å². The lowest BCUT2D eigenvalue weighted by Crippen LogP contribution is -1.70. The highest BCUT2D eigenvalue weighted by atomic mass is 79.9. The van der Waals surface area contributed by atoms with Crippen molar-refractivity contribution in [2.24, 2.45) is 0 Å². The molecule has 0 aliphatic carbocycles. The highest BCUT2D eigenvalue weighted by Gasteiger charge is 1.95. The van der Waals surface area contributed by atoms with Gasteiger partial charge in [-0.2, -0.15) is 0 Å². The van der Waals surface area contributed by atoms with E-state index in [0.717, 1.165) is 0 Å². The van der Waals surface area contributed by atoms with E-state index in [9.17, 15) is 0 Å². The number of benzene rings is 1. The van der Waals surface area contributed by atoms with E-state index < -0.39 is 6.85 Å². The van der Waals surface area contributed by atoms with Gasteiger partial charge in [0.1, 0.15) is 0 Å². The maximum Gasteiger partial charge on any atom is 0.191 e. The summed E-state index contributed by atoms with van der Waals surface area (Å²) in [6, 6.07) is 4.58. The lowest BCUT2D eigenvalue weighted by Gasteiger charge is -1.95. The Morgan fingerprint density at radius 1 is 1.70 bits per heavy atom. The summed E-state index contributed by atoms with van der Waals surface area (Å²) in [7, 11) is 0. The van der Waals surface area contributed by atoms with Gasteiger partial charge in [-0.05, 0) is 18.5 Å². The standard InChI is InChI=1S/C8H6BrN/c1-6-3-4-7(9)5-8(6)10-2/h3-5H,1H3/i1D3. The van der Waals surface area contributed by atoms with Gasteiger partial charge in [0.05, 0.1) is 6.57 Å². The molecule has 0 spiro atoms. The molecule has 0 atom stereocenters. The fraction of sp³-hybridized carbons (Fsp3) is 0.125. The Labute approximate surface area is 72.8 Å². The Balaban J connectivity index is 3.32. The molecule has 0 aliphatic rings. The second-order valence-electron chi connectivity index (χ2n) is 1.77. The van der Waals surface area contributed by atoms with Crippen LogP contribution in [0.1, 0.15) is 9.68 Å². The van der Waals surface area contributed by atoms with Crippen molar-refractivity contribution in [1.82, 2.24) is 0 Å². The Hall–Kier alpha value is -0.810. The predicted molar refractivity (Wildman–Crippen MR) is 45.1 cm³/mol. The number of hydrogen-bond donors (Lipinski definition) is 0. The molecule has 0 saturated carbocycles. The van der Waals surface area contributed by atoms with Gasteiger partial charge < -0.3 is 0 Å². The Bertz CT molecular complexity index is 365. The molecule has 0 N–H and O–H groups in total. The predicted octanol–water partition coefficient (Wildman–Crippen LogP) is 3.31. The topological polar surface area (TPSA) is 4.36 Å². The van der Waals surface area contributed by atoms with Crippen LogP contribution in [0.3, 0.4) is 0 Å². The molecule has 1 aromatic carbocycles. The van der Waals surface area contributed by atoms with Crippen molar-refractivity contribution in [2.45, 2.75) is 6.85 Å². The van der Waals surface area contributed by atoms with Gasteiger partial charge >= 0.3 is 0 Å². The van der Waals surface area contributed by atoms with Crippen LogP contribution in [0.5, 0.6) is 0 Å². The summed E-state index contributed by atoms with van der Waals surface area (Å²) in [4.78, 5) is 3.16. The van der Waals surface area contributed by atoms with Gasteiger partial charge in [-0.15, -0.1) is 0 Å². The largest absolute Gasteiger partial charge is 0.238 e. The molecule has 0 aliphatic heterocycles. The van der Waals surface area contributed by atoms with Gasteiger partial charge in [0.25, 0.3) is 0 Å². The molecule has 50 valence electrons. The van der Waals surface area contributed by atoms with Crippen LogP contribution in [0.15, 0.2) is 22.7 Å². The van der Waals surface area contributed by atoms with Crippen molar-refractivity contribution in [3.8, 4) is 0 Å². The molecule has 0 aromatic heterocycles. The lowest BCUT2D eigenvalue weighted by molar-refractivity contribution is 1.47. The SMILES string of the molecule is [2H]C([2H])([2H])c1ccc(Br)cc1[N+]#[C-]. The number of rotatable bonds is 0. The summed E-state index contributed by atoms with van der Waals surface area (Å²) in [6.07, 6.45) is 0. The number of nitrogens with zero attached hydrogens (tertiary/aromatic N) is 1. The Morgan fingerprint density at radius 3 is 3.10 bits per heavy atom. The molecule has 1 nitrogen and oxygen atoms in total. The van der Waals surface area contributed by atoms with E-state index in [1.54, 1.807) is 6.07 Å². The van der Waals surface area contributed by atoms with Crippen LogP contribution in [0, 0.1) is 13.4 Å². The molecule has 1 aromatic rings. The van der Waals surface area contributed by atoms with Crippen LogP contribution in [-0.4, -0.2) is 0 Å². The lowest BCUT2D eigenvalue weighted by atomic mass is 10.2. The van der Waals surface area contributed by atoms with Crippen molar-refractivity contribution in [1.29, 1.82) is 0 Å². The first kappa shape index (κ1) is 4.15. The van der Waals surface area contributed by atoms with Crippen LogP contribution in [-0.2, 0) is 0 Å². The minimum atomic E-state index is -2.21. The summed E-state index contributed by atoms with van der Waals surface area (Å²) >= 11 is 3.18. The first-order valence-corrected chi connectivity index (χ1v) is 3.42. The molecule has 0 amide bonds. The molecular weight excluding hydrogens is 190 g/mol. The van der Waals surface area contributed by atoms with E-state index in [1.807, 2.05) is 0 Å². The van der Waals surface area contributed by atoms with E-state index in [0.29, 0.717) is 4.47 Å². The second-order valence-corrected chi connectivity index (χ2v) is 2.69. The minimum absolute atomic E-state index is 0.103. The van der Waals surface area contributed by atoms with E-state index in [4.69, 9.17) is 10.7 Å². The average molecular weight is 199 g/mol. The molecule has 0 unspecified atom stereocenters. The normalized spacial score (nSPS) is 14.6. The van der Waals surface area contributed by atoms with E-state index >= 15 is 0 Å². The zero-order chi connectivity index (χ0) is 10.1. The van der Waals surface area contributed by atoms with Crippen molar-refractivity contribution in [3.05, 3.63) is 39.7 Å². The maximum absolute atomic E-state index is 7.16. The van der Waals surface area contributed by atoms with E-state index in [1.165, 1.54) is 12.1 Å². The molecule has 2 heteroatoms. The first-order chi connectivity index (χ1) is 5.95. The van der Waals surface area contributed by atoms with E-state index in [2.05, 4.69) is 20.8 Å². The molecule has 10 heavy (non-hydrogen) atoms. The molecular formula is C8H6BrN. The smallest absolute Gasteiger partial charge is 0.191 e. The fourth-order valence-corrected chi connectivity index (χ4v) is 0.946. The third kappa shape index (κ3) is 1.37. The van der Waals surface area contributed by atoms with Crippen molar-refractivity contribution >= 4 is 21.6 Å². The van der Waals surface area contributed by atoms with E-state index in [-0.39, 0.29) is 11.3 Å². The van der Waals surface area contributed by atoms with Crippen LogP contribution in [0.25, 0.3) is 4.85 Å². The van der Waals surface area contributed by atoms with Crippen LogP contribution in [0.4, 0.5) is 5.69 Å². The van der Waals surface area contributed by atoms with Crippen LogP contribution in [0.2, 0.25) is 0 Å². The van der Waals surface area contributed by atoms with Crippen molar-refractivity contribution < 1.29 is 4.11 Å². The monoisotopic (exact) mass is 198 g/mol. The summed E-state index contributed by atoms with van der Waals surface area (Å²) in [5.41, 5.74) is 0.278. The van der Waals surface area contributed by atoms with Gasteiger partial charge in [-0.25, -0.2) is 4.85 Å². The number of hydrogen-bond acceptors (Lipinski definition) is 0. The molecule has 0 fully saturated rings. The molecule has 0 heterocycles. The highest BCUT2D eigenvalue weighted by molar-refractivity contribution is 9.10. The third-order valence-corrected chi connectivity index (χ3v) is 1.57. The van der Waals surface area contributed by atoms with Crippen molar-refractivity contribution in [2.75, 3.05) is 0 Å². The maximum atomic E-state index is 7.16. The Kier molecular flexibility index (Phi) is 1.18. The molecule has 1 rings (SSSR count).